The number of thioether (sulfide) groups is 1. The molecular weight excluding hydrogens is 479 g/mol. The Labute approximate surface area is 212 Å². The molecule has 182 valence electrons. The van der Waals surface area contributed by atoms with Crippen LogP contribution in [-0.2, 0) is 9.59 Å². The first-order valence-corrected chi connectivity index (χ1v) is 12.1. The Morgan fingerprint density at radius 1 is 1.08 bits per heavy atom. The average Bonchev–Trinajstić information content (AvgIpc) is 3.37. The number of aryl methyl sites for hydroxylation is 1. The summed E-state index contributed by atoms with van der Waals surface area (Å²) in [5.41, 5.74) is 3.11. The number of nitrogens with one attached hydrogen (secondary N) is 3. The Morgan fingerprint density at radius 3 is 2.50 bits per heavy atom. The van der Waals surface area contributed by atoms with Crippen LogP contribution < -0.4 is 16.0 Å². The lowest BCUT2D eigenvalue weighted by Crippen LogP contribution is -2.31. The number of carbonyl (C=O) groups is 2. The van der Waals surface area contributed by atoms with Crippen molar-refractivity contribution in [2.45, 2.75) is 19.8 Å². The van der Waals surface area contributed by atoms with Gasteiger partial charge < -0.3 is 20.4 Å². The predicted octanol–water partition coefficient (Wildman–Crippen LogP) is 5.43. The molecule has 7 nitrogen and oxygen atoms in total. The summed E-state index contributed by atoms with van der Waals surface area (Å²) in [5.74, 6) is -1.55. The molecule has 1 aliphatic heterocycles. The fraction of sp³-hybridized carbons (Fsp3) is 0.148. The average molecular weight is 503 g/mol. The lowest BCUT2D eigenvalue weighted by Gasteiger charge is -2.28. The van der Waals surface area contributed by atoms with E-state index in [0.29, 0.717) is 33.4 Å². The second-order valence-electron chi connectivity index (χ2n) is 8.14. The molecule has 2 amide bonds. The summed E-state index contributed by atoms with van der Waals surface area (Å²) in [6.07, 6.45) is 1.48. The zero-order valence-electron chi connectivity index (χ0n) is 19.6. The van der Waals surface area contributed by atoms with Gasteiger partial charge in [-0.25, -0.2) is 4.39 Å². The van der Waals surface area contributed by atoms with Crippen LogP contribution >= 0.6 is 11.8 Å². The zero-order valence-corrected chi connectivity index (χ0v) is 20.4. The van der Waals surface area contributed by atoms with E-state index in [1.165, 1.54) is 24.5 Å². The van der Waals surface area contributed by atoms with Crippen LogP contribution in [0.1, 0.15) is 24.2 Å². The van der Waals surface area contributed by atoms with Gasteiger partial charge in [0.05, 0.1) is 40.2 Å². The molecule has 9 heteroatoms. The summed E-state index contributed by atoms with van der Waals surface area (Å²) < 4.78 is 19.0. The summed E-state index contributed by atoms with van der Waals surface area (Å²) in [4.78, 5) is 25.8. The fourth-order valence-electron chi connectivity index (χ4n) is 3.89. The Hall–Kier alpha value is -4.29. The first-order valence-electron chi connectivity index (χ1n) is 11.1. The SMILES string of the molecule is CC1=C(C(=O)Nc2cccc(C)c2)C(c2ccco2)C(C#N)=C(SCC(=O)Nc2cccc(F)c2)N1. The van der Waals surface area contributed by atoms with Gasteiger partial charge in [0.15, 0.2) is 0 Å². The van der Waals surface area contributed by atoms with Gasteiger partial charge in [0, 0.05) is 17.1 Å². The molecule has 0 spiro atoms. The lowest BCUT2D eigenvalue weighted by molar-refractivity contribution is -0.114. The second-order valence-corrected chi connectivity index (χ2v) is 9.12. The molecule has 2 aromatic carbocycles. The van der Waals surface area contributed by atoms with Crippen LogP contribution in [0.2, 0.25) is 0 Å². The van der Waals surface area contributed by atoms with Crippen LogP contribution in [0, 0.1) is 24.1 Å². The topological polar surface area (TPSA) is 107 Å². The number of nitriles is 1. The van der Waals surface area contributed by atoms with Crippen molar-refractivity contribution < 1.29 is 18.4 Å². The maximum Gasteiger partial charge on any atom is 0.254 e. The van der Waals surface area contributed by atoms with E-state index < -0.39 is 11.7 Å². The molecule has 2 heterocycles. The highest BCUT2D eigenvalue weighted by atomic mass is 32.2. The number of rotatable bonds is 7. The molecule has 0 radical (unpaired) electrons. The van der Waals surface area contributed by atoms with Crippen LogP contribution in [0.4, 0.5) is 15.8 Å². The van der Waals surface area contributed by atoms with Gasteiger partial charge in [-0.1, -0.05) is 30.0 Å². The third kappa shape index (κ3) is 5.67. The molecule has 1 aromatic heterocycles. The minimum atomic E-state index is -0.759. The Morgan fingerprint density at radius 2 is 1.83 bits per heavy atom. The molecule has 0 fully saturated rings. The molecule has 0 aliphatic carbocycles. The number of carbonyl (C=O) groups excluding carboxylic acids is 2. The molecule has 3 N–H and O–H groups in total. The van der Waals surface area contributed by atoms with Gasteiger partial charge in [-0.2, -0.15) is 5.26 Å². The number of halogens is 1. The van der Waals surface area contributed by atoms with Crippen LogP contribution in [0.25, 0.3) is 0 Å². The Bertz CT molecular complexity index is 1410. The summed E-state index contributed by atoms with van der Waals surface area (Å²) >= 11 is 1.12. The van der Waals surface area contributed by atoms with E-state index in [1.54, 1.807) is 31.2 Å². The van der Waals surface area contributed by atoms with E-state index >= 15 is 0 Å². The third-order valence-corrected chi connectivity index (χ3v) is 6.47. The van der Waals surface area contributed by atoms with Gasteiger partial charge in [-0.05, 0) is 61.9 Å². The second kappa shape index (κ2) is 11.0. The smallest absolute Gasteiger partial charge is 0.254 e. The highest BCUT2D eigenvalue weighted by Crippen LogP contribution is 2.41. The number of dihydropyridines is 1. The van der Waals surface area contributed by atoms with E-state index in [-0.39, 0.29) is 23.1 Å². The van der Waals surface area contributed by atoms with Crippen LogP contribution in [-0.4, -0.2) is 17.6 Å². The normalized spacial score (nSPS) is 15.2. The van der Waals surface area contributed by atoms with Crippen LogP contribution in [0.5, 0.6) is 0 Å². The van der Waals surface area contributed by atoms with Crippen molar-refractivity contribution in [3.05, 3.63) is 106 Å². The van der Waals surface area contributed by atoms with Gasteiger partial charge in [0.1, 0.15) is 11.6 Å². The molecule has 1 aliphatic rings. The standard InChI is InChI=1S/C27H23FN4O3S/c1-16-6-3-8-19(12-16)32-26(34)24-17(2)30-27(21(14-29)25(24)22-10-5-11-35-22)36-15-23(33)31-20-9-4-7-18(28)13-20/h3-13,25,30H,15H2,1-2H3,(H,31,33)(H,32,34). The third-order valence-electron chi connectivity index (χ3n) is 5.45. The number of benzene rings is 2. The maximum atomic E-state index is 13.4. The number of allylic oxidation sites excluding steroid dienone is 2. The van der Waals surface area contributed by atoms with E-state index in [4.69, 9.17) is 4.42 Å². The first-order chi connectivity index (χ1) is 17.4. The Balaban J connectivity index is 1.58. The van der Waals surface area contributed by atoms with E-state index in [9.17, 15) is 19.2 Å². The number of amides is 2. The van der Waals surface area contributed by atoms with Crippen molar-refractivity contribution in [2.24, 2.45) is 0 Å². The molecular formula is C27H23FN4O3S. The van der Waals surface area contributed by atoms with Gasteiger partial charge in [-0.3, -0.25) is 9.59 Å². The van der Waals surface area contributed by atoms with Crippen molar-refractivity contribution in [3.8, 4) is 6.07 Å². The van der Waals surface area contributed by atoms with Crippen LogP contribution in [0.3, 0.4) is 0 Å². The van der Waals surface area contributed by atoms with Crippen molar-refractivity contribution >= 4 is 35.0 Å². The number of anilines is 2. The van der Waals surface area contributed by atoms with E-state index in [0.717, 1.165) is 17.3 Å². The summed E-state index contributed by atoms with van der Waals surface area (Å²) in [6.45, 7) is 3.67. The monoisotopic (exact) mass is 502 g/mol. The van der Waals surface area contributed by atoms with Crippen molar-refractivity contribution in [2.75, 3.05) is 16.4 Å². The zero-order chi connectivity index (χ0) is 25.7. The summed E-state index contributed by atoms with van der Waals surface area (Å²) in [7, 11) is 0. The highest BCUT2D eigenvalue weighted by Gasteiger charge is 2.36. The number of furan rings is 1. The maximum absolute atomic E-state index is 13.4. The van der Waals surface area contributed by atoms with Gasteiger partial charge in [-0.15, -0.1) is 0 Å². The largest absolute Gasteiger partial charge is 0.468 e. The Kier molecular flexibility index (Phi) is 7.56. The first kappa shape index (κ1) is 24.8. The van der Waals surface area contributed by atoms with Crippen molar-refractivity contribution in [1.82, 2.24) is 5.32 Å². The quantitative estimate of drug-likeness (QED) is 0.398. The van der Waals surface area contributed by atoms with Gasteiger partial charge in [0.2, 0.25) is 5.91 Å². The molecule has 3 aromatic rings. The molecule has 4 rings (SSSR count). The minimum Gasteiger partial charge on any atom is -0.468 e. The van der Waals surface area contributed by atoms with E-state index in [1.807, 2.05) is 25.1 Å². The van der Waals surface area contributed by atoms with Crippen molar-refractivity contribution in [1.29, 1.82) is 5.26 Å². The predicted molar refractivity (Wildman–Crippen MR) is 137 cm³/mol. The van der Waals surface area contributed by atoms with Crippen LogP contribution in [0.15, 0.2) is 93.2 Å². The number of hydrogen-bond acceptors (Lipinski definition) is 6. The van der Waals surface area contributed by atoms with Gasteiger partial charge in [0.25, 0.3) is 5.91 Å². The summed E-state index contributed by atoms with van der Waals surface area (Å²) in [5, 5.41) is 19.2. The highest BCUT2D eigenvalue weighted by molar-refractivity contribution is 8.03. The minimum absolute atomic E-state index is 0.0347. The molecule has 1 unspecified atom stereocenters. The summed E-state index contributed by atoms with van der Waals surface area (Å²) in [6, 6.07) is 18.6. The molecule has 0 bridgehead atoms. The number of nitrogens with zero attached hydrogens (tertiary/aromatic N) is 1. The lowest BCUT2D eigenvalue weighted by atomic mass is 9.85. The van der Waals surface area contributed by atoms with Gasteiger partial charge >= 0.3 is 0 Å². The fourth-order valence-corrected chi connectivity index (χ4v) is 4.78. The molecule has 1 atom stereocenters. The molecule has 0 saturated carbocycles. The molecule has 36 heavy (non-hydrogen) atoms. The van der Waals surface area contributed by atoms with Crippen molar-refractivity contribution in [3.63, 3.8) is 0 Å². The molecule has 0 saturated heterocycles. The van der Waals surface area contributed by atoms with E-state index in [2.05, 4.69) is 22.0 Å². The number of hydrogen-bond donors (Lipinski definition) is 3.